The number of carbonyl (C=O) groups is 2. The smallest absolute Gasteiger partial charge is 0.305 e. The summed E-state index contributed by atoms with van der Waals surface area (Å²) in [5.74, 6) is -1.26. The van der Waals surface area contributed by atoms with E-state index < -0.39 is 12.0 Å². The molecule has 0 aliphatic heterocycles. The molecule has 0 radical (unpaired) electrons. The molecule has 2 atom stereocenters. The van der Waals surface area contributed by atoms with Gasteiger partial charge in [0.2, 0.25) is 5.91 Å². The van der Waals surface area contributed by atoms with Crippen molar-refractivity contribution in [2.24, 2.45) is 5.92 Å². The summed E-state index contributed by atoms with van der Waals surface area (Å²) in [7, 11) is 0. The zero-order chi connectivity index (χ0) is 19.5. The zero-order valence-corrected chi connectivity index (χ0v) is 15.3. The minimum absolute atomic E-state index is 0.117. The van der Waals surface area contributed by atoms with E-state index in [-0.39, 0.29) is 18.2 Å². The van der Waals surface area contributed by atoms with Gasteiger partial charge in [0.15, 0.2) is 0 Å². The average Bonchev–Trinajstić information content (AvgIpc) is 2.72. The van der Waals surface area contributed by atoms with Crippen LogP contribution in [0.4, 0.5) is 0 Å². The Kier molecular flexibility index (Phi) is 5.02. The van der Waals surface area contributed by atoms with Gasteiger partial charge in [-0.2, -0.15) is 0 Å². The highest BCUT2D eigenvalue weighted by molar-refractivity contribution is 5.84. The number of aliphatic carboxylic acids is 1. The Morgan fingerprint density at radius 1 is 1.18 bits per heavy atom. The number of benzene rings is 2. The summed E-state index contributed by atoms with van der Waals surface area (Å²) in [4.78, 5) is 32.6. The van der Waals surface area contributed by atoms with Crippen LogP contribution in [0.2, 0.25) is 0 Å². The van der Waals surface area contributed by atoms with Gasteiger partial charge in [-0.25, -0.2) is 9.97 Å². The fourth-order valence-corrected chi connectivity index (χ4v) is 3.82. The molecule has 0 saturated carbocycles. The number of rotatable bonds is 5. The monoisotopic (exact) mass is 375 g/mol. The third-order valence-corrected chi connectivity index (χ3v) is 5.32. The lowest BCUT2D eigenvalue weighted by Crippen LogP contribution is -2.37. The summed E-state index contributed by atoms with van der Waals surface area (Å²) in [6.45, 7) is 0. The maximum absolute atomic E-state index is 12.9. The van der Waals surface area contributed by atoms with Crippen molar-refractivity contribution >= 4 is 22.6 Å². The second-order valence-electron chi connectivity index (χ2n) is 7.20. The predicted molar refractivity (Wildman–Crippen MR) is 105 cm³/mol. The minimum atomic E-state index is -0.944. The van der Waals surface area contributed by atoms with Crippen molar-refractivity contribution in [3.05, 3.63) is 71.8 Å². The molecule has 6 heteroatoms. The van der Waals surface area contributed by atoms with Crippen LogP contribution in [0.3, 0.4) is 0 Å². The van der Waals surface area contributed by atoms with Crippen LogP contribution in [0, 0.1) is 5.92 Å². The number of fused-ring (bicyclic) bond motifs is 2. The van der Waals surface area contributed by atoms with Crippen LogP contribution in [-0.2, 0) is 22.4 Å². The molecule has 1 aliphatic carbocycles. The quantitative estimate of drug-likeness (QED) is 0.715. The van der Waals surface area contributed by atoms with Crippen molar-refractivity contribution in [1.82, 2.24) is 15.3 Å². The summed E-state index contributed by atoms with van der Waals surface area (Å²) in [5.41, 5.74) is 2.79. The van der Waals surface area contributed by atoms with E-state index in [9.17, 15) is 14.7 Å². The number of amides is 1. The van der Waals surface area contributed by atoms with Crippen LogP contribution >= 0.6 is 0 Å². The van der Waals surface area contributed by atoms with Crippen molar-refractivity contribution in [2.45, 2.75) is 31.7 Å². The molecule has 0 bridgehead atoms. The van der Waals surface area contributed by atoms with Gasteiger partial charge in [-0.15, -0.1) is 0 Å². The van der Waals surface area contributed by atoms with Gasteiger partial charge in [-0.1, -0.05) is 36.4 Å². The standard InChI is InChI=1S/C22H21N3O3/c26-21(27)11-20(16-6-5-14-3-1-2-4-15(14)9-16)25-22(28)17-7-8-19-18(10-17)12-23-13-24-19/h1-6,9,12-13,17,20H,7-8,10-11H2,(H,25,28)(H,26,27)/t17?,20-/m0/s1. The normalized spacial score (nSPS) is 16.9. The maximum atomic E-state index is 12.9. The molecule has 0 saturated heterocycles. The Morgan fingerprint density at radius 2 is 2.00 bits per heavy atom. The second-order valence-corrected chi connectivity index (χ2v) is 7.20. The molecule has 0 fully saturated rings. The van der Waals surface area contributed by atoms with Gasteiger partial charge in [0.05, 0.1) is 12.5 Å². The molecule has 1 heterocycles. The van der Waals surface area contributed by atoms with Gasteiger partial charge in [-0.05, 0) is 47.2 Å². The van der Waals surface area contributed by atoms with Crippen molar-refractivity contribution in [1.29, 1.82) is 0 Å². The molecule has 1 aromatic heterocycles. The highest BCUT2D eigenvalue weighted by Gasteiger charge is 2.28. The summed E-state index contributed by atoms with van der Waals surface area (Å²) in [6.07, 6.45) is 5.15. The third kappa shape index (κ3) is 3.86. The van der Waals surface area contributed by atoms with Crippen LogP contribution in [0.25, 0.3) is 10.8 Å². The van der Waals surface area contributed by atoms with Gasteiger partial charge >= 0.3 is 5.97 Å². The van der Waals surface area contributed by atoms with E-state index in [0.29, 0.717) is 12.8 Å². The summed E-state index contributed by atoms with van der Waals surface area (Å²) >= 11 is 0. The molecule has 142 valence electrons. The first-order valence-electron chi connectivity index (χ1n) is 9.39. The molecule has 3 aromatic rings. The van der Waals surface area contributed by atoms with Crippen molar-refractivity contribution in [2.75, 3.05) is 0 Å². The lowest BCUT2D eigenvalue weighted by atomic mass is 9.86. The van der Waals surface area contributed by atoms with E-state index in [1.165, 1.54) is 6.33 Å². The molecule has 1 aliphatic rings. The Morgan fingerprint density at radius 3 is 2.82 bits per heavy atom. The van der Waals surface area contributed by atoms with Gasteiger partial charge < -0.3 is 10.4 Å². The van der Waals surface area contributed by atoms with Gasteiger partial charge in [0.25, 0.3) is 0 Å². The molecule has 1 unspecified atom stereocenters. The lowest BCUT2D eigenvalue weighted by Gasteiger charge is -2.25. The average molecular weight is 375 g/mol. The summed E-state index contributed by atoms with van der Waals surface area (Å²) < 4.78 is 0. The topological polar surface area (TPSA) is 92.2 Å². The van der Waals surface area contributed by atoms with Crippen LogP contribution in [0.1, 0.15) is 35.7 Å². The predicted octanol–water partition coefficient (Wildman–Crippen LogP) is 3.07. The van der Waals surface area contributed by atoms with Crippen LogP contribution in [0.15, 0.2) is 55.0 Å². The van der Waals surface area contributed by atoms with Crippen LogP contribution < -0.4 is 5.32 Å². The van der Waals surface area contributed by atoms with Crippen LogP contribution in [-0.4, -0.2) is 27.0 Å². The fraction of sp³-hybridized carbons (Fsp3) is 0.273. The first kappa shape index (κ1) is 18.1. The highest BCUT2D eigenvalue weighted by atomic mass is 16.4. The molecular formula is C22H21N3O3. The number of nitrogens with one attached hydrogen (secondary N) is 1. The van der Waals surface area contributed by atoms with E-state index in [4.69, 9.17) is 0 Å². The fourth-order valence-electron chi connectivity index (χ4n) is 3.82. The first-order valence-corrected chi connectivity index (χ1v) is 9.39. The number of aryl methyl sites for hydroxylation is 1. The number of aromatic nitrogens is 2. The van der Waals surface area contributed by atoms with E-state index >= 15 is 0 Å². The van der Waals surface area contributed by atoms with Crippen LogP contribution in [0.5, 0.6) is 0 Å². The van der Waals surface area contributed by atoms with Crippen molar-refractivity contribution < 1.29 is 14.7 Å². The molecule has 28 heavy (non-hydrogen) atoms. The zero-order valence-electron chi connectivity index (χ0n) is 15.3. The highest BCUT2D eigenvalue weighted by Crippen LogP contribution is 2.26. The molecule has 1 amide bonds. The molecular weight excluding hydrogens is 354 g/mol. The van der Waals surface area contributed by atoms with E-state index in [0.717, 1.165) is 34.0 Å². The first-order chi connectivity index (χ1) is 13.6. The number of carboxylic acid groups (broad SMARTS) is 1. The second kappa shape index (κ2) is 7.76. The molecule has 0 spiro atoms. The number of nitrogens with zero attached hydrogens (tertiary/aromatic N) is 2. The van der Waals surface area contributed by atoms with Gasteiger partial charge in [0.1, 0.15) is 6.33 Å². The third-order valence-electron chi connectivity index (χ3n) is 5.32. The molecule has 2 N–H and O–H groups in total. The molecule has 2 aromatic carbocycles. The van der Waals surface area contributed by atoms with Gasteiger partial charge in [0, 0.05) is 17.8 Å². The van der Waals surface area contributed by atoms with E-state index in [1.807, 2.05) is 42.5 Å². The minimum Gasteiger partial charge on any atom is -0.481 e. The van der Waals surface area contributed by atoms with E-state index in [1.54, 1.807) is 6.20 Å². The van der Waals surface area contributed by atoms with Crippen molar-refractivity contribution in [3.8, 4) is 0 Å². The Bertz CT molecular complexity index is 1030. The largest absolute Gasteiger partial charge is 0.481 e. The number of carbonyl (C=O) groups excluding carboxylic acids is 1. The van der Waals surface area contributed by atoms with Gasteiger partial charge in [-0.3, -0.25) is 9.59 Å². The summed E-state index contributed by atoms with van der Waals surface area (Å²) in [6, 6.07) is 13.1. The SMILES string of the molecule is O=C(O)C[C@H](NC(=O)C1CCc2ncncc2C1)c1ccc2ccccc2c1. The van der Waals surface area contributed by atoms with E-state index in [2.05, 4.69) is 15.3 Å². The Hall–Kier alpha value is -3.28. The maximum Gasteiger partial charge on any atom is 0.305 e. The number of carboxylic acids is 1. The molecule has 4 rings (SSSR count). The summed E-state index contributed by atoms with van der Waals surface area (Å²) in [5, 5.41) is 14.4. The number of hydrogen-bond donors (Lipinski definition) is 2. The Labute approximate surface area is 162 Å². The lowest BCUT2D eigenvalue weighted by molar-refractivity contribution is -0.138. The Balaban J connectivity index is 1.54. The number of hydrogen-bond acceptors (Lipinski definition) is 4. The van der Waals surface area contributed by atoms with Crippen molar-refractivity contribution in [3.63, 3.8) is 0 Å². The molecule has 6 nitrogen and oxygen atoms in total.